The number of hydrogen-bond acceptors (Lipinski definition) is 3. The maximum atomic E-state index is 5.68. The molecule has 0 atom stereocenters. The summed E-state index contributed by atoms with van der Waals surface area (Å²) in [6.45, 7) is 0. The van der Waals surface area contributed by atoms with E-state index in [0.717, 1.165) is 5.52 Å². The van der Waals surface area contributed by atoms with E-state index in [4.69, 9.17) is 17.3 Å². The molecule has 0 saturated carbocycles. The summed E-state index contributed by atoms with van der Waals surface area (Å²) in [6.07, 6.45) is 1.54. The van der Waals surface area contributed by atoms with E-state index in [1.165, 1.54) is 6.20 Å². The number of H-pyrrole nitrogens is 1. The van der Waals surface area contributed by atoms with Gasteiger partial charge < -0.3 is 5.73 Å². The van der Waals surface area contributed by atoms with E-state index in [1.807, 2.05) is 0 Å². The van der Waals surface area contributed by atoms with Crippen molar-refractivity contribution < 1.29 is 0 Å². The molecule has 4 nitrogen and oxygen atoms in total. The number of rotatable bonds is 0. The molecule has 0 saturated heterocycles. The highest BCUT2D eigenvalue weighted by Crippen LogP contribution is 2.17. The number of nitrogens with two attached hydrogens (primary N) is 1. The van der Waals surface area contributed by atoms with Crippen molar-refractivity contribution in [2.45, 2.75) is 0 Å². The largest absolute Gasteiger partial charge is 0.380 e. The van der Waals surface area contributed by atoms with Crippen LogP contribution in [0.5, 0.6) is 0 Å². The molecular formula is C6H5ClN4. The van der Waals surface area contributed by atoms with Crippen LogP contribution in [0.15, 0.2) is 12.3 Å². The average molecular weight is 169 g/mol. The molecule has 0 amide bonds. The first kappa shape index (κ1) is 6.42. The van der Waals surface area contributed by atoms with E-state index in [9.17, 15) is 0 Å². The minimum Gasteiger partial charge on any atom is -0.380 e. The van der Waals surface area contributed by atoms with Crippen LogP contribution in [0.3, 0.4) is 0 Å². The number of aromatic nitrogens is 3. The highest BCUT2D eigenvalue weighted by molar-refractivity contribution is 6.31. The summed E-state index contributed by atoms with van der Waals surface area (Å²) in [5, 5.41) is 7.05. The Balaban J connectivity index is 2.86. The monoisotopic (exact) mass is 168 g/mol. The highest BCUT2D eigenvalue weighted by Gasteiger charge is 2.02. The van der Waals surface area contributed by atoms with Crippen LogP contribution >= 0.6 is 11.6 Å². The molecule has 0 aliphatic heterocycles. The molecule has 0 aliphatic rings. The second-order valence-electron chi connectivity index (χ2n) is 2.16. The van der Waals surface area contributed by atoms with Gasteiger partial charge in [0.15, 0.2) is 5.82 Å². The van der Waals surface area contributed by atoms with Crippen molar-refractivity contribution in [3.05, 3.63) is 17.3 Å². The van der Waals surface area contributed by atoms with Gasteiger partial charge in [0.1, 0.15) is 5.52 Å². The Labute approximate surface area is 67.4 Å². The number of nitrogens with zero attached hydrogens (tertiary/aromatic N) is 2. The Morgan fingerprint density at radius 3 is 3.18 bits per heavy atom. The molecule has 0 spiro atoms. The SMILES string of the molecule is Nc1n[nH]c2cc(Cl)cnc12. The summed E-state index contributed by atoms with van der Waals surface area (Å²) in [7, 11) is 0. The smallest absolute Gasteiger partial charge is 0.171 e. The predicted octanol–water partition coefficient (Wildman–Crippen LogP) is 1.19. The van der Waals surface area contributed by atoms with Crippen LogP contribution < -0.4 is 5.73 Å². The minimum absolute atomic E-state index is 0.400. The third kappa shape index (κ3) is 0.914. The fraction of sp³-hybridized carbons (Fsp3) is 0. The van der Waals surface area contributed by atoms with Crippen LogP contribution in [0.2, 0.25) is 5.02 Å². The van der Waals surface area contributed by atoms with E-state index in [-0.39, 0.29) is 0 Å². The number of anilines is 1. The van der Waals surface area contributed by atoms with Gasteiger partial charge in [-0.25, -0.2) is 4.98 Å². The number of pyridine rings is 1. The molecular weight excluding hydrogens is 164 g/mol. The van der Waals surface area contributed by atoms with Crippen molar-refractivity contribution in [2.75, 3.05) is 5.73 Å². The van der Waals surface area contributed by atoms with Gasteiger partial charge in [0.2, 0.25) is 0 Å². The molecule has 0 bridgehead atoms. The van der Waals surface area contributed by atoms with Gasteiger partial charge in [-0.15, -0.1) is 0 Å². The van der Waals surface area contributed by atoms with Crippen molar-refractivity contribution in [3.8, 4) is 0 Å². The van der Waals surface area contributed by atoms with Gasteiger partial charge in [-0.05, 0) is 6.07 Å². The minimum atomic E-state index is 0.400. The summed E-state index contributed by atoms with van der Waals surface area (Å²) < 4.78 is 0. The molecule has 0 aliphatic carbocycles. The predicted molar refractivity (Wildman–Crippen MR) is 43.3 cm³/mol. The van der Waals surface area contributed by atoms with Crippen LogP contribution in [0.4, 0.5) is 5.82 Å². The second-order valence-corrected chi connectivity index (χ2v) is 2.59. The van der Waals surface area contributed by atoms with Crippen LogP contribution in [0.25, 0.3) is 11.0 Å². The van der Waals surface area contributed by atoms with Crippen molar-refractivity contribution in [3.63, 3.8) is 0 Å². The maximum Gasteiger partial charge on any atom is 0.171 e. The van der Waals surface area contributed by atoms with E-state index in [2.05, 4.69) is 15.2 Å². The van der Waals surface area contributed by atoms with Crippen molar-refractivity contribution >= 4 is 28.5 Å². The third-order valence-electron chi connectivity index (χ3n) is 1.39. The molecule has 0 radical (unpaired) electrons. The molecule has 5 heteroatoms. The van der Waals surface area contributed by atoms with Crippen LogP contribution in [0.1, 0.15) is 0 Å². The standard InChI is InChI=1S/C6H5ClN4/c7-3-1-4-5(9-2-3)6(8)11-10-4/h1-2H,(H3,8,10,11). The topological polar surface area (TPSA) is 67.6 Å². The zero-order valence-electron chi connectivity index (χ0n) is 5.50. The summed E-state index contributed by atoms with van der Waals surface area (Å²) in [6, 6.07) is 1.73. The molecule has 0 aromatic carbocycles. The Bertz CT molecular complexity index is 394. The molecule has 3 N–H and O–H groups in total. The lowest BCUT2D eigenvalue weighted by Crippen LogP contribution is -1.85. The quantitative estimate of drug-likeness (QED) is 0.621. The summed E-state index contributed by atoms with van der Waals surface area (Å²) in [5.41, 5.74) is 6.90. The first-order valence-corrected chi connectivity index (χ1v) is 3.40. The molecule has 56 valence electrons. The Hall–Kier alpha value is -1.29. The summed E-state index contributed by atoms with van der Waals surface area (Å²) >= 11 is 5.68. The van der Waals surface area contributed by atoms with Gasteiger partial charge >= 0.3 is 0 Å². The number of aromatic amines is 1. The van der Waals surface area contributed by atoms with E-state index in [1.54, 1.807) is 6.07 Å². The second kappa shape index (κ2) is 2.10. The molecule has 0 unspecified atom stereocenters. The van der Waals surface area contributed by atoms with Crippen LogP contribution in [-0.2, 0) is 0 Å². The molecule has 2 rings (SSSR count). The van der Waals surface area contributed by atoms with Crippen molar-refractivity contribution in [2.24, 2.45) is 0 Å². The number of fused-ring (bicyclic) bond motifs is 1. The zero-order chi connectivity index (χ0) is 7.84. The Kier molecular flexibility index (Phi) is 1.22. The van der Waals surface area contributed by atoms with Gasteiger partial charge in [0.05, 0.1) is 10.5 Å². The van der Waals surface area contributed by atoms with Gasteiger partial charge in [0, 0.05) is 6.20 Å². The first-order valence-electron chi connectivity index (χ1n) is 3.02. The van der Waals surface area contributed by atoms with Gasteiger partial charge in [-0.1, -0.05) is 11.6 Å². The molecule has 11 heavy (non-hydrogen) atoms. The highest BCUT2D eigenvalue weighted by atomic mass is 35.5. The normalized spacial score (nSPS) is 10.6. The lowest BCUT2D eigenvalue weighted by molar-refractivity contribution is 1.13. The average Bonchev–Trinajstić information content (AvgIpc) is 2.32. The van der Waals surface area contributed by atoms with E-state index in [0.29, 0.717) is 16.4 Å². The van der Waals surface area contributed by atoms with Crippen LogP contribution in [0, 0.1) is 0 Å². The fourth-order valence-corrected chi connectivity index (χ4v) is 1.06. The third-order valence-corrected chi connectivity index (χ3v) is 1.60. The fourth-order valence-electron chi connectivity index (χ4n) is 0.902. The number of halogens is 1. The lowest BCUT2D eigenvalue weighted by atomic mass is 10.4. The number of nitrogens with one attached hydrogen (secondary N) is 1. The van der Waals surface area contributed by atoms with E-state index < -0.39 is 0 Å². The van der Waals surface area contributed by atoms with Crippen molar-refractivity contribution in [1.29, 1.82) is 0 Å². The first-order chi connectivity index (χ1) is 5.27. The Morgan fingerprint density at radius 2 is 2.36 bits per heavy atom. The maximum absolute atomic E-state index is 5.68. The number of nitrogen functional groups attached to an aromatic ring is 1. The number of hydrogen-bond donors (Lipinski definition) is 2. The van der Waals surface area contributed by atoms with E-state index >= 15 is 0 Å². The summed E-state index contributed by atoms with van der Waals surface area (Å²) in [4.78, 5) is 3.99. The van der Waals surface area contributed by atoms with Crippen LogP contribution in [-0.4, -0.2) is 15.2 Å². The van der Waals surface area contributed by atoms with Gasteiger partial charge in [0.25, 0.3) is 0 Å². The summed E-state index contributed by atoms with van der Waals surface area (Å²) in [5.74, 6) is 0.400. The molecule has 2 heterocycles. The van der Waals surface area contributed by atoms with Crippen molar-refractivity contribution in [1.82, 2.24) is 15.2 Å². The lowest BCUT2D eigenvalue weighted by Gasteiger charge is -1.88. The molecule has 2 aromatic heterocycles. The van der Waals surface area contributed by atoms with Gasteiger partial charge in [-0.2, -0.15) is 5.10 Å². The zero-order valence-corrected chi connectivity index (χ0v) is 6.26. The van der Waals surface area contributed by atoms with Gasteiger partial charge in [-0.3, -0.25) is 5.10 Å². The molecule has 2 aromatic rings. The molecule has 0 fully saturated rings. The Morgan fingerprint density at radius 1 is 1.55 bits per heavy atom.